The number of carboxylic acid groups (broad SMARTS) is 1. The van der Waals surface area contributed by atoms with Crippen LogP contribution in [-0.2, 0) is 10.0 Å². The van der Waals surface area contributed by atoms with Gasteiger partial charge in [0.2, 0.25) is 10.0 Å². The van der Waals surface area contributed by atoms with E-state index in [9.17, 15) is 13.2 Å². The summed E-state index contributed by atoms with van der Waals surface area (Å²) < 4.78 is 26.2. The predicted molar refractivity (Wildman–Crippen MR) is 109 cm³/mol. The normalized spacial score (nSPS) is 11.4. The summed E-state index contributed by atoms with van der Waals surface area (Å²) >= 11 is 0. The van der Waals surface area contributed by atoms with Crippen LogP contribution in [0.5, 0.6) is 0 Å². The number of rotatable bonds is 11. The van der Waals surface area contributed by atoms with Gasteiger partial charge in [-0.15, -0.1) is 0 Å². The third kappa shape index (κ3) is 9.86. The minimum Gasteiger partial charge on any atom is -0.478 e. The lowest BCUT2D eigenvalue weighted by Gasteiger charge is -2.20. The molecule has 1 aromatic carbocycles. The van der Waals surface area contributed by atoms with Crippen LogP contribution in [0.15, 0.2) is 29.2 Å². The maximum absolute atomic E-state index is 12.4. The molecule has 8 heteroatoms. The first-order chi connectivity index (χ1) is 12.7. The molecule has 0 saturated carbocycles. The summed E-state index contributed by atoms with van der Waals surface area (Å²) in [6.45, 7) is 6.95. The van der Waals surface area contributed by atoms with Crippen molar-refractivity contribution in [2.24, 2.45) is 11.5 Å². The van der Waals surface area contributed by atoms with Crippen LogP contribution < -0.4 is 11.5 Å². The summed E-state index contributed by atoms with van der Waals surface area (Å²) in [6.07, 6.45) is 6.03. The Morgan fingerprint density at radius 1 is 1.00 bits per heavy atom. The van der Waals surface area contributed by atoms with Crippen LogP contribution in [0, 0.1) is 0 Å². The number of aromatic carboxylic acids is 1. The van der Waals surface area contributed by atoms with Crippen molar-refractivity contribution < 1.29 is 18.3 Å². The molecule has 7 nitrogen and oxygen atoms in total. The van der Waals surface area contributed by atoms with Crippen molar-refractivity contribution in [3.05, 3.63) is 29.8 Å². The van der Waals surface area contributed by atoms with Gasteiger partial charge in [-0.2, -0.15) is 4.31 Å². The number of hydrogen-bond donors (Lipinski definition) is 3. The van der Waals surface area contributed by atoms with Gasteiger partial charge in [0.15, 0.2) is 0 Å². The van der Waals surface area contributed by atoms with Crippen LogP contribution in [0.25, 0.3) is 0 Å². The van der Waals surface area contributed by atoms with E-state index in [1.165, 1.54) is 47.8 Å². The predicted octanol–water partition coefficient (Wildman–Crippen LogP) is 3.01. The van der Waals surface area contributed by atoms with Crippen LogP contribution in [-0.4, -0.2) is 43.1 Å². The van der Waals surface area contributed by atoms with Gasteiger partial charge < -0.3 is 16.6 Å². The Kier molecular flexibility index (Phi) is 12.9. The van der Waals surface area contributed by atoms with E-state index in [0.717, 1.165) is 19.3 Å². The number of hydrogen-bond acceptors (Lipinski definition) is 5. The third-order valence-corrected chi connectivity index (χ3v) is 5.74. The SMILES string of the molecule is CCCCCC(N)N.CCCN(CCC)S(=O)(=O)c1ccc(C(=O)O)cc1. The largest absolute Gasteiger partial charge is 0.478 e. The maximum Gasteiger partial charge on any atom is 0.335 e. The zero-order chi connectivity index (χ0) is 20.9. The fourth-order valence-electron chi connectivity index (χ4n) is 2.40. The van der Waals surface area contributed by atoms with Crippen LogP contribution in [0.2, 0.25) is 0 Å². The minimum atomic E-state index is -3.53. The number of unbranched alkanes of at least 4 members (excludes halogenated alkanes) is 2. The van der Waals surface area contributed by atoms with Gasteiger partial charge in [0.1, 0.15) is 0 Å². The number of nitrogens with two attached hydrogens (primary N) is 2. The average molecular weight is 402 g/mol. The van der Waals surface area contributed by atoms with Crippen molar-refractivity contribution in [1.82, 2.24) is 4.31 Å². The molecule has 1 aromatic rings. The molecule has 5 N–H and O–H groups in total. The number of benzene rings is 1. The molecule has 0 spiro atoms. The molecule has 0 atom stereocenters. The Labute approximate surface area is 163 Å². The Balaban J connectivity index is 0.000000713. The second kappa shape index (κ2) is 13.7. The molecular formula is C19H35N3O4S. The summed E-state index contributed by atoms with van der Waals surface area (Å²) in [5, 5.41) is 8.80. The fourth-order valence-corrected chi connectivity index (χ4v) is 4.02. The standard InChI is InChI=1S/C13H19NO4S.C6H16N2/c1-3-9-14(10-4-2)19(17,18)12-7-5-11(6-8-12)13(15)16;1-2-3-4-5-6(7)8/h5-8H,3-4,9-10H2,1-2H3,(H,15,16);6H,2-5,7-8H2,1H3. The summed E-state index contributed by atoms with van der Waals surface area (Å²) in [5.41, 5.74) is 10.7. The Morgan fingerprint density at radius 2 is 1.52 bits per heavy atom. The highest BCUT2D eigenvalue weighted by Crippen LogP contribution is 2.17. The van der Waals surface area contributed by atoms with Gasteiger partial charge in [-0.1, -0.05) is 40.0 Å². The van der Waals surface area contributed by atoms with Crippen molar-refractivity contribution in [2.75, 3.05) is 13.1 Å². The average Bonchev–Trinajstić information content (AvgIpc) is 2.62. The maximum atomic E-state index is 12.4. The van der Waals surface area contributed by atoms with Gasteiger partial charge in [0.05, 0.1) is 16.6 Å². The molecule has 0 aliphatic heterocycles. The number of nitrogens with zero attached hydrogens (tertiary/aromatic N) is 1. The molecule has 0 unspecified atom stereocenters. The Morgan fingerprint density at radius 3 is 1.89 bits per heavy atom. The second-order valence-electron chi connectivity index (χ2n) is 6.39. The molecule has 0 bridgehead atoms. The number of sulfonamides is 1. The molecule has 27 heavy (non-hydrogen) atoms. The van der Waals surface area contributed by atoms with E-state index in [-0.39, 0.29) is 16.6 Å². The first-order valence-electron chi connectivity index (χ1n) is 9.55. The van der Waals surface area contributed by atoms with E-state index in [4.69, 9.17) is 16.6 Å². The molecule has 1 rings (SSSR count). The lowest BCUT2D eigenvalue weighted by Crippen LogP contribution is -2.32. The molecule has 0 amide bonds. The van der Waals surface area contributed by atoms with Gasteiger partial charge >= 0.3 is 5.97 Å². The van der Waals surface area contributed by atoms with Crippen LogP contribution in [0.1, 0.15) is 69.7 Å². The van der Waals surface area contributed by atoms with Crippen molar-refractivity contribution in [3.8, 4) is 0 Å². The van der Waals surface area contributed by atoms with Gasteiger partial charge in [-0.3, -0.25) is 0 Å². The van der Waals surface area contributed by atoms with E-state index < -0.39 is 16.0 Å². The smallest absolute Gasteiger partial charge is 0.335 e. The summed E-state index contributed by atoms with van der Waals surface area (Å²) in [6, 6.07) is 5.31. The van der Waals surface area contributed by atoms with Crippen LogP contribution in [0.4, 0.5) is 0 Å². The van der Waals surface area contributed by atoms with Crippen molar-refractivity contribution in [1.29, 1.82) is 0 Å². The molecular weight excluding hydrogens is 366 g/mol. The highest BCUT2D eigenvalue weighted by Gasteiger charge is 2.23. The summed E-state index contributed by atoms with van der Waals surface area (Å²) in [7, 11) is -3.53. The topological polar surface area (TPSA) is 127 Å². The molecule has 0 fully saturated rings. The van der Waals surface area contributed by atoms with E-state index >= 15 is 0 Å². The van der Waals surface area contributed by atoms with Gasteiger partial charge in [-0.25, -0.2) is 13.2 Å². The van der Waals surface area contributed by atoms with Gasteiger partial charge in [-0.05, 0) is 43.5 Å². The second-order valence-corrected chi connectivity index (χ2v) is 8.33. The Bertz CT molecular complexity index is 625. The van der Waals surface area contributed by atoms with Crippen LogP contribution >= 0.6 is 0 Å². The monoisotopic (exact) mass is 401 g/mol. The first kappa shape index (κ1) is 25.5. The lowest BCUT2D eigenvalue weighted by molar-refractivity contribution is 0.0696. The lowest BCUT2D eigenvalue weighted by atomic mass is 10.2. The van der Waals surface area contributed by atoms with Crippen molar-refractivity contribution in [3.63, 3.8) is 0 Å². The third-order valence-electron chi connectivity index (χ3n) is 3.83. The summed E-state index contributed by atoms with van der Waals surface area (Å²) in [4.78, 5) is 10.9. The van der Waals surface area contributed by atoms with Crippen molar-refractivity contribution >= 4 is 16.0 Å². The summed E-state index contributed by atoms with van der Waals surface area (Å²) in [5.74, 6) is -1.07. The zero-order valence-corrected chi connectivity index (χ0v) is 17.5. The fraction of sp³-hybridized carbons (Fsp3) is 0.632. The zero-order valence-electron chi connectivity index (χ0n) is 16.7. The van der Waals surface area contributed by atoms with Crippen LogP contribution in [0.3, 0.4) is 0 Å². The van der Waals surface area contributed by atoms with E-state index in [2.05, 4.69) is 6.92 Å². The number of carbonyl (C=O) groups is 1. The van der Waals surface area contributed by atoms with E-state index in [1.54, 1.807) is 0 Å². The minimum absolute atomic E-state index is 0.0801. The highest BCUT2D eigenvalue weighted by molar-refractivity contribution is 7.89. The van der Waals surface area contributed by atoms with Gasteiger partial charge in [0.25, 0.3) is 0 Å². The quantitative estimate of drug-likeness (QED) is 0.386. The number of carboxylic acids is 1. The first-order valence-corrected chi connectivity index (χ1v) is 11.0. The van der Waals surface area contributed by atoms with E-state index in [1.807, 2.05) is 13.8 Å². The molecule has 0 aliphatic rings. The van der Waals surface area contributed by atoms with E-state index in [0.29, 0.717) is 13.1 Å². The molecule has 0 heterocycles. The molecule has 0 aliphatic carbocycles. The molecule has 156 valence electrons. The van der Waals surface area contributed by atoms with Gasteiger partial charge in [0, 0.05) is 13.1 Å². The Hall–Kier alpha value is -1.48. The van der Waals surface area contributed by atoms with Crippen molar-refractivity contribution in [2.45, 2.75) is 70.4 Å². The molecule has 0 saturated heterocycles. The molecule has 0 radical (unpaired) electrons. The molecule has 0 aromatic heterocycles. The highest BCUT2D eigenvalue weighted by atomic mass is 32.2.